The molecule has 1 aliphatic heterocycles. The summed E-state index contributed by atoms with van der Waals surface area (Å²) in [4.78, 5) is 11.3. The summed E-state index contributed by atoms with van der Waals surface area (Å²) < 4.78 is 0. The molecule has 2 saturated carbocycles. The Morgan fingerprint density at radius 2 is 1.64 bits per heavy atom. The monoisotopic (exact) mass is 196 g/mol. The maximum Gasteiger partial charge on any atom is 0.109 e. The van der Waals surface area contributed by atoms with E-state index in [9.17, 15) is 0 Å². The standard InChI is InChI=1S/C12H20O2/c1-4-8-12(9-5-1)10-6-2-3-7-11(10)13-14-12/h10-11H,1-9H2/t10-,11+/m1/s1. The molecule has 2 heteroatoms. The lowest BCUT2D eigenvalue weighted by Crippen LogP contribution is -2.41. The Morgan fingerprint density at radius 3 is 2.50 bits per heavy atom. The van der Waals surface area contributed by atoms with Crippen LogP contribution in [0.15, 0.2) is 0 Å². The molecule has 80 valence electrons. The molecule has 1 heterocycles. The second-order valence-electron chi connectivity index (χ2n) is 5.23. The van der Waals surface area contributed by atoms with Crippen molar-refractivity contribution in [2.45, 2.75) is 69.5 Å². The van der Waals surface area contributed by atoms with Gasteiger partial charge in [0.05, 0.1) is 6.10 Å². The number of fused-ring (bicyclic) bond motifs is 2. The molecule has 3 fully saturated rings. The van der Waals surface area contributed by atoms with Crippen LogP contribution >= 0.6 is 0 Å². The van der Waals surface area contributed by atoms with Crippen LogP contribution in [0.5, 0.6) is 0 Å². The predicted octanol–water partition coefficient (Wildman–Crippen LogP) is 3.21. The summed E-state index contributed by atoms with van der Waals surface area (Å²) in [6, 6.07) is 0. The van der Waals surface area contributed by atoms with Gasteiger partial charge in [0, 0.05) is 5.92 Å². The Labute approximate surface area is 85.9 Å². The van der Waals surface area contributed by atoms with E-state index in [1.807, 2.05) is 0 Å². The van der Waals surface area contributed by atoms with Crippen molar-refractivity contribution in [2.24, 2.45) is 5.92 Å². The van der Waals surface area contributed by atoms with Crippen LogP contribution < -0.4 is 0 Å². The molecule has 3 aliphatic rings. The van der Waals surface area contributed by atoms with E-state index in [-0.39, 0.29) is 5.60 Å². The Hall–Kier alpha value is -0.0800. The Bertz CT molecular complexity index is 208. The van der Waals surface area contributed by atoms with E-state index in [2.05, 4.69) is 0 Å². The van der Waals surface area contributed by atoms with E-state index in [0.29, 0.717) is 6.10 Å². The van der Waals surface area contributed by atoms with Gasteiger partial charge >= 0.3 is 0 Å². The molecule has 1 spiro atoms. The summed E-state index contributed by atoms with van der Waals surface area (Å²) in [7, 11) is 0. The summed E-state index contributed by atoms with van der Waals surface area (Å²) in [5.41, 5.74) is 0.142. The fourth-order valence-electron chi connectivity index (χ4n) is 3.64. The highest BCUT2D eigenvalue weighted by atomic mass is 17.2. The van der Waals surface area contributed by atoms with Crippen molar-refractivity contribution >= 4 is 0 Å². The van der Waals surface area contributed by atoms with Crippen molar-refractivity contribution < 1.29 is 9.78 Å². The molecule has 2 nitrogen and oxygen atoms in total. The first kappa shape index (κ1) is 9.17. The zero-order valence-corrected chi connectivity index (χ0v) is 8.84. The molecule has 0 aromatic carbocycles. The van der Waals surface area contributed by atoms with Gasteiger partial charge in [0.2, 0.25) is 0 Å². The van der Waals surface area contributed by atoms with E-state index in [1.54, 1.807) is 0 Å². The third-order valence-electron chi connectivity index (χ3n) is 4.42. The number of rotatable bonds is 0. The fourth-order valence-corrected chi connectivity index (χ4v) is 3.64. The first-order valence-electron chi connectivity index (χ1n) is 6.25. The van der Waals surface area contributed by atoms with Crippen LogP contribution in [-0.4, -0.2) is 11.7 Å². The van der Waals surface area contributed by atoms with Crippen molar-refractivity contribution in [1.82, 2.24) is 0 Å². The molecule has 0 N–H and O–H groups in total. The second kappa shape index (κ2) is 3.49. The zero-order chi connectivity index (χ0) is 9.43. The lowest BCUT2D eigenvalue weighted by atomic mass is 9.69. The quantitative estimate of drug-likeness (QED) is 0.554. The van der Waals surface area contributed by atoms with Crippen LogP contribution in [0.3, 0.4) is 0 Å². The molecule has 0 radical (unpaired) electrons. The topological polar surface area (TPSA) is 18.5 Å². The van der Waals surface area contributed by atoms with Gasteiger partial charge in [-0.1, -0.05) is 32.1 Å². The third-order valence-corrected chi connectivity index (χ3v) is 4.42. The van der Waals surface area contributed by atoms with Crippen molar-refractivity contribution in [3.8, 4) is 0 Å². The Morgan fingerprint density at radius 1 is 0.857 bits per heavy atom. The summed E-state index contributed by atoms with van der Waals surface area (Å²) in [6.07, 6.45) is 12.3. The van der Waals surface area contributed by atoms with Gasteiger partial charge in [0.1, 0.15) is 5.60 Å². The second-order valence-corrected chi connectivity index (χ2v) is 5.23. The Kier molecular flexibility index (Phi) is 2.29. The summed E-state index contributed by atoms with van der Waals surface area (Å²) in [5.74, 6) is 0.719. The fraction of sp³-hybridized carbons (Fsp3) is 1.00. The molecule has 2 aliphatic carbocycles. The highest BCUT2D eigenvalue weighted by Crippen LogP contribution is 2.49. The molecule has 14 heavy (non-hydrogen) atoms. The lowest BCUT2D eigenvalue weighted by Gasteiger charge is -2.37. The average Bonchev–Trinajstić information content (AvgIpc) is 2.60. The molecular weight excluding hydrogens is 176 g/mol. The molecule has 0 bridgehead atoms. The van der Waals surface area contributed by atoms with E-state index >= 15 is 0 Å². The van der Waals surface area contributed by atoms with Gasteiger partial charge in [-0.05, 0) is 25.7 Å². The van der Waals surface area contributed by atoms with Gasteiger partial charge in [0.25, 0.3) is 0 Å². The zero-order valence-electron chi connectivity index (χ0n) is 8.84. The van der Waals surface area contributed by atoms with Crippen LogP contribution in [0, 0.1) is 5.92 Å². The van der Waals surface area contributed by atoms with Crippen LogP contribution in [-0.2, 0) is 9.78 Å². The van der Waals surface area contributed by atoms with Crippen molar-refractivity contribution in [2.75, 3.05) is 0 Å². The van der Waals surface area contributed by atoms with E-state index in [0.717, 1.165) is 5.92 Å². The van der Waals surface area contributed by atoms with Gasteiger partial charge in [-0.15, -0.1) is 0 Å². The molecule has 1 saturated heterocycles. The van der Waals surface area contributed by atoms with Gasteiger partial charge in [0.15, 0.2) is 0 Å². The van der Waals surface area contributed by atoms with E-state index in [1.165, 1.54) is 57.8 Å². The normalized spacial score (nSPS) is 41.1. The van der Waals surface area contributed by atoms with Crippen LogP contribution in [0.25, 0.3) is 0 Å². The van der Waals surface area contributed by atoms with Crippen molar-refractivity contribution in [3.05, 3.63) is 0 Å². The van der Waals surface area contributed by atoms with Crippen molar-refractivity contribution in [3.63, 3.8) is 0 Å². The lowest BCUT2D eigenvalue weighted by molar-refractivity contribution is -0.331. The maximum absolute atomic E-state index is 5.73. The van der Waals surface area contributed by atoms with Crippen molar-refractivity contribution in [1.29, 1.82) is 0 Å². The first-order chi connectivity index (χ1) is 6.91. The molecule has 2 atom stereocenters. The SMILES string of the molecule is C1CCC2(CC1)OO[C@H]1CCCC[C@H]12. The Balaban J connectivity index is 1.78. The van der Waals surface area contributed by atoms with Gasteiger partial charge in [-0.2, -0.15) is 0 Å². The molecule has 3 rings (SSSR count). The highest BCUT2D eigenvalue weighted by molar-refractivity contribution is 4.97. The maximum atomic E-state index is 5.73. The largest absolute Gasteiger partial charge is 0.232 e. The predicted molar refractivity (Wildman–Crippen MR) is 53.7 cm³/mol. The highest BCUT2D eigenvalue weighted by Gasteiger charge is 2.52. The molecular formula is C12H20O2. The molecule has 0 aromatic heterocycles. The molecule has 0 aromatic rings. The van der Waals surface area contributed by atoms with Gasteiger partial charge in [-0.3, -0.25) is 0 Å². The van der Waals surface area contributed by atoms with Gasteiger partial charge < -0.3 is 0 Å². The summed E-state index contributed by atoms with van der Waals surface area (Å²) in [5, 5.41) is 0. The summed E-state index contributed by atoms with van der Waals surface area (Å²) >= 11 is 0. The van der Waals surface area contributed by atoms with Crippen LogP contribution in [0.2, 0.25) is 0 Å². The molecule has 0 unspecified atom stereocenters. The van der Waals surface area contributed by atoms with Crippen LogP contribution in [0.1, 0.15) is 57.8 Å². The minimum atomic E-state index is 0.142. The first-order valence-corrected chi connectivity index (χ1v) is 6.25. The van der Waals surface area contributed by atoms with Gasteiger partial charge in [-0.25, -0.2) is 9.78 Å². The molecule has 0 amide bonds. The minimum absolute atomic E-state index is 0.142. The third kappa shape index (κ3) is 1.31. The number of hydrogen-bond donors (Lipinski definition) is 0. The van der Waals surface area contributed by atoms with Crippen LogP contribution in [0.4, 0.5) is 0 Å². The smallest absolute Gasteiger partial charge is 0.109 e. The van der Waals surface area contributed by atoms with E-state index < -0.39 is 0 Å². The summed E-state index contributed by atoms with van der Waals surface area (Å²) in [6.45, 7) is 0. The number of hydrogen-bond acceptors (Lipinski definition) is 2. The van der Waals surface area contributed by atoms with E-state index in [4.69, 9.17) is 9.78 Å². The average molecular weight is 196 g/mol. The minimum Gasteiger partial charge on any atom is -0.232 e.